The first kappa shape index (κ1) is 10.0. The summed E-state index contributed by atoms with van der Waals surface area (Å²) in [5, 5.41) is 0. The van der Waals surface area contributed by atoms with Crippen molar-refractivity contribution in [3.8, 4) is 0 Å². The maximum absolute atomic E-state index is 5.94. The van der Waals surface area contributed by atoms with Crippen LogP contribution in [0.1, 0.15) is 47.5 Å². The highest BCUT2D eigenvalue weighted by atomic mass is 14.7. The summed E-state index contributed by atoms with van der Waals surface area (Å²) in [4.78, 5) is 0. The van der Waals surface area contributed by atoms with Gasteiger partial charge in [-0.05, 0) is 36.5 Å². The van der Waals surface area contributed by atoms with Crippen LogP contribution in [0.3, 0.4) is 0 Å². The van der Waals surface area contributed by atoms with Crippen molar-refractivity contribution >= 4 is 0 Å². The van der Waals surface area contributed by atoms with Crippen molar-refractivity contribution in [3.63, 3.8) is 0 Å². The standard InChI is InChI=1S/C11H23N/c1-8(12)11(5)6-9(7-11)10(2,3)4/h8-9H,6-7,12H2,1-5H3. The van der Waals surface area contributed by atoms with Crippen LogP contribution in [0, 0.1) is 16.7 Å². The lowest BCUT2D eigenvalue weighted by atomic mass is 9.53. The van der Waals surface area contributed by atoms with Gasteiger partial charge < -0.3 is 5.73 Å². The number of hydrogen-bond donors (Lipinski definition) is 1. The fourth-order valence-corrected chi connectivity index (χ4v) is 2.05. The fraction of sp³-hybridized carbons (Fsp3) is 1.00. The third-order valence-electron chi connectivity index (χ3n) is 3.75. The molecule has 1 saturated carbocycles. The molecule has 12 heavy (non-hydrogen) atoms. The summed E-state index contributed by atoms with van der Waals surface area (Å²) in [6.45, 7) is 11.5. The molecule has 1 aliphatic rings. The summed E-state index contributed by atoms with van der Waals surface area (Å²) >= 11 is 0. The lowest BCUT2D eigenvalue weighted by Gasteiger charge is -2.53. The van der Waals surface area contributed by atoms with Gasteiger partial charge in [-0.15, -0.1) is 0 Å². The van der Waals surface area contributed by atoms with Crippen molar-refractivity contribution in [2.75, 3.05) is 0 Å². The van der Waals surface area contributed by atoms with Crippen molar-refractivity contribution in [1.82, 2.24) is 0 Å². The Bertz CT molecular complexity index is 158. The molecule has 0 aliphatic heterocycles. The highest BCUT2D eigenvalue weighted by Gasteiger charge is 2.46. The Morgan fingerprint density at radius 3 is 2.00 bits per heavy atom. The van der Waals surface area contributed by atoms with Crippen LogP contribution in [0.25, 0.3) is 0 Å². The molecule has 0 aromatic heterocycles. The van der Waals surface area contributed by atoms with Crippen LogP contribution in [0.5, 0.6) is 0 Å². The number of nitrogens with two attached hydrogens (primary N) is 1. The van der Waals surface area contributed by atoms with Crippen molar-refractivity contribution < 1.29 is 0 Å². The summed E-state index contributed by atoms with van der Waals surface area (Å²) in [6, 6.07) is 0.357. The van der Waals surface area contributed by atoms with Gasteiger partial charge in [-0.25, -0.2) is 0 Å². The van der Waals surface area contributed by atoms with Gasteiger partial charge in [0, 0.05) is 6.04 Å². The predicted octanol–water partition coefficient (Wildman–Crippen LogP) is 2.80. The Morgan fingerprint density at radius 1 is 1.33 bits per heavy atom. The molecule has 1 aliphatic carbocycles. The SMILES string of the molecule is CC(N)C1(C)CC(C(C)(C)C)C1. The topological polar surface area (TPSA) is 26.0 Å². The van der Waals surface area contributed by atoms with Crippen LogP contribution in [-0.2, 0) is 0 Å². The molecule has 72 valence electrons. The van der Waals surface area contributed by atoms with Gasteiger partial charge in [0.15, 0.2) is 0 Å². The van der Waals surface area contributed by atoms with Crippen molar-refractivity contribution in [1.29, 1.82) is 0 Å². The van der Waals surface area contributed by atoms with E-state index >= 15 is 0 Å². The van der Waals surface area contributed by atoms with Crippen molar-refractivity contribution in [2.45, 2.75) is 53.5 Å². The molecule has 0 aromatic carbocycles. The number of hydrogen-bond acceptors (Lipinski definition) is 1. The lowest BCUT2D eigenvalue weighted by Crippen LogP contribution is -2.50. The number of rotatable bonds is 1. The quantitative estimate of drug-likeness (QED) is 0.642. The van der Waals surface area contributed by atoms with E-state index in [2.05, 4.69) is 34.6 Å². The smallest absolute Gasteiger partial charge is 0.00645 e. The van der Waals surface area contributed by atoms with Crippen LogP contribution >= 0.6 is 0 Å². The maximum Gasteiger partial charge on any atom is 0.00645 e. The molecule has 1 fully saturated rings. The van der Waals surface area contributed by atoms with E-state index in [0.29, 0.717) is 16.9 Å². The zero-order valence-electron chi connectivity index (χ0n) is 9.15. The first-order chi connectivity index (χ1) is 5.26. The minimum absolute atomic E-state index is 0.357. The molecule has 0 amide bonds. The Kier molecular flexibility index (Phi) is 2.28. The first-order valence-corrected chi connectivity index (χ1v) is 5.01. The van der Waals surface area contributed by atoms with Gasteiger partial charge in [0.2, 0.25) is 0 Å². The van der Waals surface area contributed by atoms with Gasteiger partial charge in [-0.2, -0.15) is 0 Å². The zero-order chi connectivity index (χ0) is 9.57. The van der Waals surface area contributed by atoms with Gasteiger partial charge in [-0.3, -0.25) is 0 Å². The van der Waals surface area contributed by atoms with Crippen LogP contribution < -0.4 is 5.73 Å². The zero-order valence-corrected chi connectivity index (χ0v) is 9.15. The Hall–Kier alpha value is -0.0400. The van der Waals surface area contributed by atoms with Gasteiger partial charge in [0.05, 0.1) is 0 Å². The molecule has 2 N–H and O–H groups in total. The first-order valence-electron chi connectivity index (χ1n) is 5.01. The highest BCUT2D eigenvalue weighted by Crippen LogP contribution is 2.53. The van der Waals surface area contributed by atoms with Crippen LogP contribution in [0.4, 0.5) is 0 Å². The molecule has 1 heteroatoms. The summed E-state index contributed by atoms with van der Waals surface area (Å²) in [5.74, 6) is 0.883. The molecule has 1 nitrogen and oxygen atoms in total. The van der Waals surface area contributed by atoms with Crippen LogP contribution in [-0.4, -0.2) is 6.04 Å². The second-order valence-electron chi connectivity index (χ2n) is 5.91. The largest absolute Gasteiger partial charge is 0.327 e. The van der Waals surface area contributed by atoms with Gasteiger partial charge in [0.25, 0.3) is 0 Å². The Labute approximate surface area is 76.7 Å². The van der Waals surface area contributed by atoms with Gasteiger partial charge in [0.1, 0.15) is 0 Å². The summed E-state index contributed by atoms with van der Waals surface area (Å²) in [5.41, 5.74) is 6.85. The molecule has 0 heterocycles. The second-order valence-corrected chi connectivity index (χ2v) is 5.91. The molecule has 0 saturated heterocycles. The van der Waals surface area contributed by atoms with E-state index in [4.69, 9.17) is 5.73 Å². The summed E-state index contributed by atoms with van der Waals surface area (Å²) in [7, 11) is 0. The monoisotopic (exact) mass is 169 g/mol. The highest BCUT2D eigenvalue weighted by molar-refractivity contribution is 4.99. The van der Waals surface area contributed by atoms with E-state index in [1.165, 1.54) is 12.8 Å². The van der Waals surface area contributed by atoms with E-state index in [0.717, 1.165) is 5.92 Å². The molecular weight excluding hydrogens is 146 g/mol. The van der Waals surface area contributed by atoms with Gasteiger partial charge >= 0.3 is 0 Å². The summed E-state index contributed by atoms with van der Waals surface area (Å²) in [6.07, 6.45) is 2.63. The average molecular weight is 169 g/mol. The molecule has 1 unspecified atom stereocenters. The Morgan fingerprint density at radius 2 is 1.75 bits per heavy atom. The van der Waals surface area contributed by atoms with E-state index in [-0.39, 0.29) is 0 Å². The lowest BCUT2D eigenvalue weighted by molar-refractivity contribution is -0.0141. The van der Waals surface area contributed by atoms with E-state index in [9.17, 15) is 0 Å². The average Bonchev–Trinajstić information content (AvgIpc) is 1.77. The fourth-order valence-electron chi connectivity index (χ4n) is 2.05. The normalized spacial score (nSPS) is 39.0. The molecule has 0 aromatic rings. The maximum atomic E-state index is 5.94. The van der Waals surface area contributed by atoms with E-state index in [1.54, 1.807) is 0 Å². The third kappa shape index (κ3) is 1.66. The minimum atomic E-state index is 0.357. The third-order valence-corrected chi connectivity index (χ3v) is 3.75. The predicted molar refractivity (Wildman–Crippen MR) is 53.9 cm³/mol. The van der Waals surface area contributed by atoms with E-state index in [1.807, 2.05) is 0 Å². The molecule has 1 rings (SSSR count). The van der Waals surface area contributed by atoms with Crippen LogP contribution in [0.2, 0.25) is 0 Å². The van der Waals surface area contributed by atoms with Crippen molar-refractivity contribution in [2.24, 2.45) is 22.5 Å². The second kappa shape index (κ2) is 2.73. The molecule has 1 atom stereocenters. The molecule has 0 spiro atoms. The van der Waals surface area contributed by atoms with Gasteiger partial charge in [-0.1, -0.05) is 27.7 Å². The minimum Gasteiger partial charge on any atom is -0.327 e. The molecule has 0 bridgehead atoms. The van der Waals surface area contributed by atoms with Crippen molar-refractivity contribution in [3.05, 3.63) is 0 Å². The van der Waals surface area contributed by atoms with E-state index < -0.39 is 0 Å². The molecule has 0 radical (unpaired) electrons. The Balaban J connectivity index is 2.47. The summed E-state index contributed by atoms with van der Waals surface area (Å²) < 4.78 is 0. The van der Waals surface area contributed by atoms with Crippen LogP contribution in [0.15, 0.2) is 0 Å². The molecular formula is C11H23N.